The van der Waals surface area contributed by atoms with Crippen LogP contribution in [0.3, 0.4) is 0 Å². The molecule has 0 aliphatic carbocycles. The van der Waals surface area contributed by atoms with Gasteiger partial charge in [0.25, 0.3) is 0 Å². The molecule has 1 aromatic heterocycles. The predicted octanol–water partition coefficient (Wildman–Crippen LogP) is 4.05. The largest absolute Gasteiger partial charge is 0.493 e. The lowest BCUT2D eigenvalue weighted by atomic mass is 10.1. The van der Waals surface area contributed by atoms with Crippen molar-refractivity contribution in [1.82, 2.24) is 15.2 Å². The lowest BCUT2D eigenvalue weighted by molar-refractivity contribution is 0.195. The second-order valence-corrected chi connectivity index (χ2v) is 6.87. The number of ether oxygens (including phenoxy) is 2. The van der Waals surface area contributed by atoms with Crippen LogP contribution < -0.4 is 14.8 Å². The smallest absolute Gasteiger partial charge is 0.317 e. The zero-order valence-electron chi connectivity index (χ0n) is 17.4. The number of nitrogens with one attached hydrogen (secondary N) is 1. The number of rotatable bonds is 9. The predicted molar refractivity (Wildman–Crippen MR) is 117 cm³/mol. The Bertz CT molecular complexity index is 933. The minimum Gasteiger partial charge on any atom is -0.493 e. The molecule has 1 N–H and O–H groups in total. The van der Waals surface area contributed by atoms with E-state index < -0.39 is 0 Å². The van der Waals surface area contributed by atoms with Gasteiger partial charge in [0.1, 0.15) is 0 Å². The van der Waals surface area contributed by atoms with Gasteiger partial charge in [0, 0.05) is 32.0 Å². The van der Waals surface area contributed by atoms with Crippen molar-refractivity contribution in [2.45, 2.75) is 19.5 Å². The van der Waals surface area contributed by atoms with Gasteiger partial charge in [0.05, 0.1) is 14.2 Å². The van der Waals surface area contributed by atoms with Crippen molar-refractivity contribution in [1.29, 1.82) is 0 Å². The van der Waals surface area contributed by atoms with Gasteiger partial charge in [-0.1, -0.05) is 42.5 Å². The standard InChI is InChI=1S/C24H27N3O3/c1-29-22-11-10-20(15-23(22)30-2)17-26-24(28)27(18-21-9-6-13-25-16-21)14-12-19-7-4-3-5-8-19/h3-11,13,15-16H,12,14,17-18H2,1-2H3,(H,26,28). The highest BCUT2D eigenvalue weighted by Gasteiger charge is 2.14. The van der Waals surface area contributed by atoms with E-state index >= 15 is 0 Å². The fourth-order valence-electron chi connectivity index (χ4n) is 3.15. The van der Waals surface area contributed by atoms with Crippen LogP contribution in [0.25, 0.3) is 0 Å². The SMILES string of the molecule is COc1ccc(CNC(=O)N(CCc2ccccc2)Cc2cccnc2)cc1OC. The Hall–Kier alpha value is -3.54. The van der Waals surface area contributed by atoms with Crippen molar-refractivity contribution in [3.63, 3.8) is 0 Å². The molecule has 0 atom stereocenters. The van der Waals surface area contributed by atoms with E-state index in [2.05, 4.69) is 22.4 Å². The molecule has 2 aromatic carbocycles. The molecule has 0 saturated carbocycles. The highest BCUT2D eigenvalue weighted by Crippen LogP contribution is 2.27. The third kappa shape index (κ3) is 5.98. The highest BCUT2D eigenvalue weighted by atomic mass is 16.5. The van der Waals surface area contributed by atoms with Crippen LogP contribution in [0.4, 0.5) is 4.79 Å². The van der Waals surface area contributed by atoms with Crippen molar-refractivity contribution in [2.75, 3.05) is 20.8 Å². The first kappa shape index (κ1) is 21.2. The maximum Gasteiger partial charge on any atom is 0.317 e. The number of methoxy groups -OCH3 is 2. The molecule has 0 fully saturated rings. The fourth-order valence-corrected chi connectivity index (χ4v) is 3.15. The first-order valence-corrected chi connectivity index (χ1v) is 9.86. The monoisotopic (exact) mass is 405 g/mol. The van der Waals surface area contributed by atoms with Crippen LogP contribution >= 0.6 is 0 Å². The molecule has 0 spiro atoms. The fraction of sp³-hybridized carbons (Fsp3) is 0.250. The van der Waals surface area contributed by atoms with E-state index in [9.17, 15) is 4.79 Å². The Balaban J connectivity index is 1.66. The zero-order valence-corrected chi connectivity index (χ0v) is 17.4. The van der Waals surface area contributed by atoms with E-state index in [0.717, 1.165) is 17.5 Å². The normalized spacial score (nSPS) is 10.3. The second-order valence-electron chi connectivity index (χ2n) is 6.87. The van der Waals surface area contributed by atoms with E-state index in [4.69, 9.17) is 9.47 Å². The maximum atomic E-state index is 13.0. The van der Waals surface area contributed by atoms with Gasteiger partial charge in [-0.15, -0.1) is 0 Å². The molecule has 30 heavy (non-hydrogen) atoms. The van der Waals surface area contributed by atoms with E-state index in [1.807, 2.05) is 53.4 Å². The van der Waals surface area contributed by atoms with Crippen molar-refractivity contribution < 1.29 is 14.3 Å². The second kappa shape index (κ2) is 10.9. The minimum atomic E-state index is -0.121. The zero-order chi connectivity index (χ0) is 21.2. The molecule has 1 heterocycles. The number of amides is 2. The number of pyridine rings is 1. The summed E-state index contributed by atoms with van der Waals surface area (Å²) in [5, 5.41) is 3.01. The summed E-state index contributed by atoms with van der Waals surface area (Å²) in [6, 6.07) is 19.5. The van der Waals surface area contributed by atoms with Crippen LogP contribution in [0.15, 0.2) is 73.1 Å². The summed E-state index contributed by atoms with van der Waals surface area (Å²) in [5.41, 5.74) is 3.12. The molecule has 3 rings (SSSR count). The summed E-state index contributed by atoms with van der Waals surface area (Å²) in [6.45, 7) is 1.50. The third-order valence-electron chi connectivity index (χ3n) is 4.79. The van der Waals surface area contributed by atoms with Crippen LogP contribution in [0.5, 0.6) is 11.5 Å². The van der Waals surface area contributed by atoms with E-state index in [1.165, 1.54) is 5.56 Å². The molecule has 0 aliphatic rings. The number of nitrogens with zero attached hydrogens (tertiary/aromatic N) is 2. The number of hydrogen-bond donors (Lipinski definition) is 1. The van der Waals surface area contributed by atoms with E-state index in [0.29, 0.717) is 31.1 Å². The number of carbonyl (C=O) groups excluding carboxylic acids is 1. The molecular weight excluding hydrogens is 378 g/mol. The Kier molecular flexibility index (Phi) is 7.66. The molecule has 0 bridgehead atoms. The van der Waals surface area contributed by atoms with Gasteiger partial charge < -0.3 is 19.7 Å². The third-order valence-corrected chi connectivity index (χ3v) is 4.79. The molecule has 2 amide bonds. The Morgan fingerprint density at radius 2 is 1.70 bits per heavy atom. The van der Waals surface area contributed by atoms with Crippen LogP contribution in [-0.4, -0.2) is 36.7 Å². The van der Waals surface area contributed by atoms with Gasteiger partial charge in [-0.2, -0.15) is 0 Å². The average Bonchev–Trinajstić information content (AvgIpc) is 2.81. The number of hydrogen-bond acceptors (Lipinski definition) is 4. The first-order valence-electron chi connectivity index (χ1n) is 9.86. The van der Waals surface area contributed by atoms with Crippen LogP contribution in [0, 0.1) is 0 Å². The van der Waals surface area contributed by atoms with Gasteiger partial charge in [0.15, 0.2) is 11.5 Å². The lowest BCUT2D eigenvalue weighted by Crippen LogP contribution is -2.40. The molecule has 6 nitrogen and oxygen atoms in total. The first-order chi connectivity index (χ1) is 14.7. The van der Waals surface area contributed by atoms with Crippen LogP contribution in [-0.2, 0) is 19.5 Å². The average molecular weight is 405 g/mol. The maximum absolute atomic E-state index is 13.0. The van der Waals surface area contributed by atoms with Crippen molar-refractivity contribution in [3.05, 3.63) is 89.7 Å². The van der Waals surface area contributed by atoms with Crippen LogP contribution in [0.2, 0.25) is 0 Å². The lowest BCUT2D eigenvalue weighted by Gasteiger charge is -2.23. The Morgan fingerprint density at radius 1 is 0.933 bits per heavy atom. The molecular formula is C24H27N3O3. The summed E-state index contributed by atoms with van der Waals surface area (Å²) in [5.74, 6) is 1.30. The highest BCUT2D eigenvalue weighted by molar-refractivity contribution is 5.74. The summed E-state index contributed by atoms with van der Waals surface area (Å²) in [7, 11) is 3.20. The number of benzene rings is 2. The van der Waals surface area contributed by atoms with Crippen molar-refractivity contribution in [2.24, 2.45) is 0 Å². The van der Waals surface area contributed by atoms with Gasteiger partial charge >= 0.3 is 6.03 Å². The summed E-state index contributed by atoms with van der Waals surface area (Å²) >= 11 is 0. The quantitative estimate of drug-likeness (QED) is 0.583. The minimum absolute atomic E-state index is 0.121. The van der Waals surface area contributed by atoms with Crippen molar-refractivity contribution in [3.8, 4) is 11.5 Å². The topological polar surface area (TPSA) is 63.7 Å². The number of aromatic nitrogens is 1. The van der Waals surface area contributed by atoms with Gasteiger partial charge in [-0.05, 0) is 41.3 Å². The summed E-state index contributed by atoms with van der Waals surface area (Å²) in [6.07, 6.45) is 4.30. The summed E-state index contributed by atoms with van der Waals surface area (Å²) < 4.78 is 10.6. The van der Waals surface area contributed by atoms with Crippen LogP contribution in [0.1, 0.15) is 16.7 Å². The Morgan fingerprint density at radius 3 is 2.40 bits per heavy atom. The van der Waals surface area contributed by atoms with Gasteiger partial charge in [-0.3, -0.25) is 4.98 Å². The van der Waals surface area contributed by atoms with E-state index in [1.54, 1.807) is 26.6 Å². The molecule has 6 heteroatoms. The molecule has 0 unspecified atom stereocenters. The number of carbonyl (C=O) groups is 1. The molecule has 0 aliphatic heterocycles. The van der Waals surface area contributed by atoms with Gasteiger partial charge in [-0.25, -0.2) is 4.79 Å². The molecule has 0 radical (unpaired) electrons. The van der Waals surface area contributed by atoms with Crippen molar-refractivity contribution >= 4 is 6.03 Å². The van der Waals surface area contributed by atoms with Gasteiger partial charge in [0.2, 0.25) is 0 Å². The van der Waals surface area contributed by atoms with E-state index in [-0.39, 0.29) is 6.03 Å². The molecule has 3 aromatic rings. The number of urea groups is 1. The molecule has 0 saturated heterocycles. The summed E-state index contributed by atoms with van der Waals surface area (Å²) in [4.78, 5) is 18.9. The molecule has 156 valence electrons. The Labute approximate surface area is 177 Å².